The van der Waals surface area contributed by atoms with E-state index < -0.39 is 0 Å². The molecule has 3 fully saturated rings. The van der Waals surface area contributed by atoms with Crippen molar-refractivity contribution in [1.29, 1.82) is 0 Å². The first-order valence-corrected chi connectivity index (χ1v) is 12.8. The van der Waals surface area contributed by atoms with Crippen molar-refractivity contribution in [3.8, 4) is 0 Å². The molecular formula is C22H42NaOP. The van der Waals surface area contributed by atoms with Crippen LogP contribution >= 0.6 is 7.92 Å². The van der Waals surface area contributed by atoms with Gasteiger partial charge in [-0.1, -0.05) is 66.2 Å². The van der Waals surface area contributed by atoms with Crippen LogP contribution in [0, 0.1) is 0 Å². The Kier molecular flexibility index (Phi) is 11.6. The first kappa shape index (κ1) is 22.7. The molecule has 3 saturated carbocycles. The second-order valence-corrected chi connectivity index (χ2v) is 11.8. The smallest absolute Gasteiger partial charge is 1.00 e. The predicted octanol–water partition coefficient (Wildman–Crippen LogP) is 4.38. The zero-order chi connectivity index (χ0) is 16.6. The van der Waals surface area contributed by atoms with E-state index in [4.69, 9.17) is 4.74 Å². The quantitative estimate of drug-likeness (QED) is 0.364. The molecule has 3 heteroatoms. The summed E-state index contributed by atoms with van der Waals surface area (Å²) in [4.78, 5) is 0. The molecule has 0 aliphatic heterocycles. The first-order chi connectivity index (χ1) is 11.9. The Morgan fingerprint density at radius 1 is 0.760 bits per heavy atom. The molecule has 0 amide bonds. The molecule has 2 unspecified atom stereocenters. The van der Waals surface area contributed by atoms with Crippen LogP contribution in [0.1, 0.15) is 111 Å². The summed E-state index contributed by atoms with van der Waals surface area (Å²) >= 11 is 0. The molecule has 142 valence electrons. The third-order valence-electron chi connectivity index (χ3n) is 6.86. The molecule has 3 aliphatic rings. The van der Waals surface area contributed by atoms with Crippen LogP contribution in [0.2, 0.25) is 0 Å². The van der Waals surface area contributed by atoms with Gasteiger partial charge >= 0.3 is 29.6 Å². The van der Waals surface area contributed by atoms with Crippen LogP contribution in [0.25, 0.3) is 0 Å². The van der Waals surface area contributed by atoms with Crippen molar-refractivity contribution >= 4 is 7.92 Å². The fourth-order valence-corrected chi connectivity index (χ4v) is 10.3. The largest absolute Gasteiger partial charge is 1.00 e. The van der Waals surface area contributed by atoms with E-state index in [1.165, 1.54) is 77.0 Å². The van der Waals surface area contributed by atoms with Crippen LogP contribution in [0.4, 0.5) is 0 Å². The number of ether oxygens (including phenoxy) is 1. The number of hydrogen-bond donors (Lipinski definition) is 0. The molecule has 2 atom stereocenters. The van der Waals surface area contributed by atoms with Crippen LogP contribution in [-0.2, 0) is 4.74 Å². The van der Waals surface area contributed by atoms with Crippen molar-refractivity contribution in [2.75, 3.05) is 6.61 Å². The fourth-order valence-electron chi connectivity index (χ4n) is 5.59. The molecule has 0 N–H and O–H groups in total. The van der Waals surface area contributed by atoms with Gasteiger partial charge in [-0.05, 0) is 68.3 Å². The molecule has 0 aromatic heterocycles. The predicted molar refractivity (Wildman–Crippen MR) is 109 cm³/mol. The standard InChI is InChI=1S/C22H41OP.Na.H/c1-2-3-17-23-19-11-10-16-22(18-19)24(20-12-6-4-7-13-20)21-14-8-5-9-15-21;;/h19-22H,2-18H2,1H3;;/q;+1;-1. The average Bonchev–Trinajstić information content (AvgIpc) is 2.64. The van der Waals surface area contributed by atoms with Gasteiger partial charge in [-0.25, -0.2) is 0 Å². The zero-order valence-electron chi connectivity index (χ0n) is 18.2. The number of unbranched alkanes of at least 4 members (excludes halogenated alkanes) is 1. The maximum absolute atomic E-state index is 6.29. The summed E-state index contributed by atoms with van der Waals surface area (Å²) in [6.45, 7) is 3.29. The molecule has 25 heavy (non-hydrogen) atoms. The summed E-state index contributed by atoms with van der Waals surface area (Å²) in [6, 6.07) is 0. The van der Waals surface area contributed by atoms with Crippen LogP contribution in [0.3, 0.4) is 0 Å². The van der Waals surface area contributed by atoms with E-state index in [9.17, 15) is 0 Å². The van der Waals surface area contributed by atoms with Crippen LogP contribution in [-0.4, -0.2) is 29.7 Å². The number of rotatable bonds is 7. The maximum atomic E-state index is 6.29. The van der Waals surface area contributed by atoms with Gasteiger partial charge in [0.25, 0.3) is 0 Å². The molecule has 1 nitrogen and oxygen atoms in total. The Morgan fingerprint density at radius 3 is 1.88 bits per heavy atom. The van der Waals surface area contributed by atoms with Gasteiger partial charge in [-0.2, -0.15) is 0 Å². The van der Waals surface area contributed by atoms with Crippen LogP contribution in [0.5, 0.6) is 0 Å². The third-order valence-corrected chi connectivity index (χ3v) is 10.9. The van der Waals surface area contributed by atoms with E-state index in [1.807, 2.05) is 0 Å². The molecule has 0 aromatic rings. The van der Waals surface area contributed by atoms with Crippen molar-refractivity contribution in [2.24, 2.45) is 0 Å². The summed E-state index contributed by atoms with van der Waals surface area (Å²) in [6.07, 6.45) is 24.3. The van der Waals surface area contributed by atoms with Crippen molar-refractivity contribution in [3.63, 3.8) is 0 Å². The Bertz CT molecular complexity index is 327. The molecular weight excluding hydrogens is 334 g/mol. The monoisotopic (exact) mass is 376 g/mol. The van der Waals surface area contributed by atoms with Crippen LogP contribution < -0.4 is 29.6 Å². The SMILES string of the molecule is CCCCOC1CCCC(P(C2CCCCC2)C2CCCCC2)C1.[H-].[Na+]. The molecule has 0 saturated heterocycles. The van der Waals surface area contributed by atoms with Gasteiger partial charge in [-0.15, -0.1) is 0 Å². The Morgan fingerprint density at radius 2 is 1.32 bits per heavy atom. The van der Waals surface area contributed by atoms with Crippen molar-refractivity contribution in [2.45, 2.75) is 133 Å². The summed E-state index contributed by atoms with van der Waals surface area (Å²) in [5, 5.41) is 0. The van der Waals surface area contributed by atoms with E-state index in [1.54, 1.807) is 25.7 Å². The van der Waals surface area contributed by atoms with Gasteiger partial charge in [0.2, 0.25) is 0 Å². The molecule has 0 spiro atoms. The topological polar surface area (TPSA) is 9.23 Å². The summed E-state index contributed by atoms with van der Waals surface area (Å²) in [5.41, 5.74) is 3.29. The van der Waals surface area contributed by atoms with Gasteiger partial charge in [0.05, 0.1) is 6.10 Å². The van der Waals surface area contributed by atoms with Gasteiger partial charge in [0.15, 0.2) is 0 Å². The molecule has 0 heterocycles. The second kappa shape index (κ2) is 12.8. The van der Waals surface area contributed by atoms with Crippen molar-refractivity contribution < 1.29 is 35.7 Å². The third kappa shape index (κ3) is 7.05. The van der Waals surface area contributed by atoms with E-state index in [0.717, 1.165) is 23.6 Å². The minimum absolute atomic E-state index is 0. The van der Waals surface area contributed by atoms with Gasteiger partial charge in [0.1, 0.15) is 0 Å². The fraction of sp³-hybridized carbons (Fsp3) is 1.00. The van der Waals surface area contributed by atoms with E-state index in [2.05, 4.69) is 6.92 Å². The van der Waals surface area contributed by atoms with Gasteiger partial charge in [0, 0.05) is 6.61 Å². The van der Waals surface area contributed by atoms with Gasteiger partial charge in [-0.3, -0.25) is 0 Å². The molecule has 0 bridgehead atoms. The summed E-state index contributed by atoms with van der Waals surface area (Å²) < 4.78 is 6.29. The Labute approximate surface area is 182 Å². The van der Waals surface area contributed by atoms with Gasteiger partial charge < -0.3 is 6.16 Å². The van der Waals surface area contributed by atoms with Crippen LogP contribution in [0.15, 0.2) is 0 Å². The van der Waals surface area contributed by atoms with Crippen molar-refractivity contribution in [1.82, 2.24) is 0 Å². The number of hydrogen-bond acceptors (Lipinski definition) is 1. The average molecular weight is 377 g/mol. The summed E-state index contributed by atoms with van der Waals surface area (Å²) in [7, 11) is 0.260. The van der Waals surface area contributed by atoms with E-state index in [0.29, 0.717) is 6.10 Å². The minimum Gasteiger partial charge on any atom is -1.00 e. The minimum atomic E-state index is 0. The van der Waals surface area contributed by atoms with E-state index >= 15 is 0 Å². The zero-order valence-corrected chi connectivity index (χ0v) is 20.1. The summed E-state index contributed by atoms with van der Waals surface area (Å²) in [5.74, 6) is 0. The molecule has 0 radical (unpaired) electrons. The normalized spacial score (nSPS) is 29.5. The van der Waals surface area contributed by atoms with Crippen molar-refractivity contribution in [3.05, 3.63) is 0 Å². The Balaban J connectivity index is 0.00000169. The molecule has 3 rings (SSSR count). The second-order valence-electron chi connectivity index (χ2n) is 8.70. The molecule has 0 aromatic carbocycles. The maximum Gasteiger partial charge on any atom is 1.00 e. The Hall–Kier alpha value is 1.39. The van der Waals surface area contributed by atoms with E-state index in [-0.39, 0.29) is 38.9 Å². The molecule has 3 aliphatic carbocycles. The first-order valence-electron chi connectivity index (χ1n) is 11.3.